The monoisotopic (exact) mass is 386 g/mol. The van der Waals surface area contributed by atoms with Gasteiger partial charge in [-0.15, -0.1) is 0 Å². The number of carbonyl (C=O) groups excluding carboxylic acids is 1. The van der Waals surface area contributed by atoms with Gasteiger partial charge in [0.25, 0.3) is 0 Å². The maximum atomic E-state index is 12.1. The van der Waals surface area contributed by atoms with E-state index in [0.29, 0.717) is 22.8 Å². The molecule has 122 valence electrons. The molecule has 0 atom stereocenters. The van der Waals surface area contributed by atoms with Crippen LogP contribution in [0, 0.1) is 0 Å². The molecule has 3 rings (SSSR count). The summed E-state index contributed by atoms with van der Waals surface area (Å²) in [4.78, 5) is 12.1. The molecule has 0 spiro atoms. The molecular formula is C19H15BrO4. The van der Waals surface area contributed by atoms with Gasteiger partial charge in [0, 0.05) is 21.7 Å². The third-order valence-corrected chi connectivity index (χ3v) is 4.13. The highest BCUT2D eigenvalue weighted by atomic mass is 79.9. The van der Waals surface area contributed by atoms with E-state index in [0.717, 1.165) is 15.6 Å². The fourth-order valence-electron chi connectivity index (χ4n) is 2.35. The average Bonchev–Trinajstić information content (AvgIpc) is 2.96. The molecule has 0 aliphatic carbocycles. The number of ether oxygens (including phenoxy) is 3. The summed E-state index contributed by atoms with van der Waals surface area (Å²) in [5, 5.41) is 0. The highest BCUT2D eigenvalue weighted by molar-refractivity contribution is 9.10. The first-order valence-electron chi connectivity index (χ1n) is 7.24. The Balaban J connectivity index is 1.95. The lowest BCUT2D eigenvalue weighted by molar-refractivity contribution is -0.130. The van der Waals surface area contributed by atoms with Gasteiger partial charge in [-0.3, -0.25) is 0 Å². The van der Waals surface area contributed by atoms with Crippen LogP contribution < -0.4 is 9.47 Å². The Bertz CT molecular complexity index is 835. The van der Waals surface area contributed by atoms with Gasteiger partial charge < -0.3 is 14.2 Å². The molecule has 0 saturated heterocycles. The number of methoxy groups -OCH3 is 2. The molecule has 5 heteroatoms. The fraction of sp³-hybridized carbons (Fsp3) is 0.105. The maximum absolute atomic E-state index is 12.1. The highest BCUT2D eigenvalue weighted by Crippen LogP contribution is 2.31. The molecule has 2 aromatic carbocycles. The summed E-state index contributed by atoms with van der Waals surface area (Å²) in [7, 11) is 3.17. The first-order valence-corrected chi connectivity index (χ1v) is 8.03. The smallest absolute Gasteiger partial charge is 0.343 e. The first-order chi connectivity index (χ1) is 11.6. The zero-order valence-corrected chi connectivity index (χ0v) is 14.8. The van der Waals surface area contributed by atoms with Crippen LogP contribution in [-0.4, -0.2) is 20.2 Å². The predicted octanol–water partition coefficient (Wildman–Crippen LogP) is 4.45. The summed E-state index contributed by atoms with van der Waals surface area (Å²) in [6.07, 6.45) is 3.47. The molecule has 0 fully saturated rings. The fourth-order valence-corrected chi connectivity index (χ4v) is 2.61. The summed E-state index contributed by atoms with van der Waals surface area (Å²) >= 11 is 3.39. The van der Waals surface area contributed by atoms with Crippen LogP contribution in [0.1, 0.15) is 11.1 Å². The van der Waals surface area contributed by atoms with Crippen molar-refractivity contribution in [2.45, 2.75) is 0 Å². The maximum Gasteiger partial charge on any atom is 0.343 e. The van der Waals surface area contributed by atoms with Crippen LogP contribution in [0.25, 0.3) is 11.8 Å². The zero-order chi connectivity index (χ0) is 17.1. The van der Waals surface area contributed by atoms with Crippen molar-refractivity contribution in [2.24, 2.45) is 0 Å². The van der Waals surface area contributed by atoms with Gasteiger partial charge in [0.05, 0.1) is 19.8 Å². The molecule has 0 saturated carbocycles. The molecule has 0 radical (unpaired) electrons. The minimum absolute atomic E-state index is 0.384. The van der Waals surface area contributed by atoms with Gasteiger partial charge in [0.15, 0.2) is 0 Å². The van der Waals surface area contributed by atoms with Crippen molar-refractivity contribution in [1.29, 1.82) is 0 Å². The van der Waals surface area contributed by atoms with Crippen LogP contribution in [-0.2, 0) is 9.53 Å². The molecule has 1 heterocycles. The number of rotatable bonds is 4. The van der Waals surface area contributed by atoms with E-state index in [9.17, 15) is 4.79 Å². The number of hydrogen-bond donors (Lipinski definition) is 0. The van der Waals surface area contributed by atoms with E-state index in [4.69, 9.17) is 14.2 Å². The second-order valence-corrected chi connectivity index (χ2v) is 6.03. The minimum Gasteiger partial charge on any atom is -0.497 e. The minimum atomic E-state index is -0.384. The topological polar surface area (TPSA) is 44.8 Å². The summed E-state index contributed by atoms with van der Waals surface area (Å²) in [5.74, 6) is 1.46. The molecule has 4 nitrogen and oxygen atoms in total. The SMILES string of the molecule is COc1ccc(/C=C2/C=C(c3ccc(Br)cc3)OC2=O)c(OC)c1. The van der Waals surface area contributed by atoms with Crippen molar-refractivity contribution in [3.8, 4) is 11.5 Å². The lowest BCUT2D eigenvalue weighted by Gasteiger charge is -2.07. The lowest BCUT2D eigenvalue weighted by atomic mass is 10.1. The Hall–Kier alpha value is -2.53. The lowest BCUT2D eigenvalue weighted by Crippen LogP contribution is -1.97. The number of benzene rings is 2. The Labute approximate surface area is 148 Å². The van der Waals surface area contributed by atoms with Crippen LogP contribution in [0.2, 0.25) is 0 Å². The summed E-state index contributed by atoms with van der Waals surface area (Å²) in [6.45, 7) is 0. The average molecular weight is 387 g/mol. The van der Waals surface area contributed by atoms with E-state index in [1.165, 1.54) is 0 Å². The zero-order valence-electron chi connectivity index (χ0n) is 13.2. The number of carbonyl (C=O) groups is 1. The van der Waals surface area contributed by atoms with Crippen LogP contribution in [0.4, 0.5) is 0 Å². The Morgan fingerprint density at radius 3 is 2.46 bits per heavy atom. The molecule has 1 aliphatic heterocycles. The second kappa shape index (κ2) is 6.93. The molecule has 0 aromatic heterocycles. The van der Waals surface area contributed by atoms with Crippen molar-refractivity contribution in [3.05, 3.63) is 69.7 Å². The molecule has 0 amide bonds. The quantitative estimate of drug-likeness (QED) is 0.575. The first kappa shape index (κ1) is 16.3. The van der Waals surface area contributed by atoms with E-state index in [1.54, 1.807) is 32.4 Å². The predicted molar refractivity (Wildman–Crippen MR) is 95.7 cm³/mol. The van der Waals surface area contributed by atoms with Gasteiger partial charge >= 0.3 is 5.97 Å². The second-order valence-electron chi connectivity index (χ2n) is 5.11. The molecule has 0 unspecified atom stereocenters. The standard InChI is InChI=1S/C19H15BrO4/c1-22-16-8-5-13(17(11-16)23-2)9-14-10-18(24-19(14)21)12-3-6-15(20)7-4-12/h3-11H,1-2H3/b14-9-. The Morgan fingerprint density at radius 2 is 1.79 bits per heavy atom. The summed E-state index contributed by atoms with van der Waals surface area (Å²) in [5.41, 5.74) is 2.09. The molecule has 1 aliphatic rings. The Kier molecular flexibility index (Phi) is 4.71. The van der Waals surface area contributed by atoms with Crippen molar-refractivity contribution in [3.63, 3.8) is 0 Å². The largest absolute Gasteiger partial charge is 0.497 e. The van der Waals surface area contributed by atoms with E-state index in [1.807, 2.05) is 36.4 Å². The van der Waals surface area contributed by atoms with Crippen molar-refractivity contribution in [2.75, 3.05) is 14.2 Å². The van der Waals surface area contributed by atoms with Gasteiger partial charge in [-0.2, -0.15) is 0 Å². The molecule has 0 bridgehead atoms. The normalized spacial score (nSPS) is 15.2. The number of hydrogen-bond acceptors (Lipinski definition) is 4. The summed E-state index contributed by atoms with van der Waals surface area (Å²) < 4.78 is 16.9. The third-order valence-electron chi connectivity index (χ3n) is 3.61. The van der Waals surface area contributed by atoms with E-state index >= 15 is 0 Å². The van der Waals surface area contributed by atoms with E-state index in [2.05, 4.69) is 15.9 Å². The van der Waals surface area contributed by atoms with Gasteiger partial charge in [-0.25, -0.2) is 4.79 Å². The molecule has 24 heavy (non-hydrogen) atoms. The van der Waals surface area contributed by atoms with Gasteiger partial charge in [-0.05, 0) is 36.4 Å². The van der Waals surface area contributed by atoms with Crippen molar-refractivity contribution in [1.82, 2.24) is 0 Å². The van der Waals surface area contributed by atoms with E-state index in [-0.39, 0.29) is 5.97 Å². The van der Waals surface area contributed by atoms with Gasteiger partial charge in [0.2, 0.25) is 0 Å². The molecular weight excluding hydrogens is 372 g/mol. The van der Waals surface area contributed by atoms with Crippen LogP contribution in [0.3, 0.4) is 0 Å². The van der Waals surface area contributed by atoms with E-state index < -0.39 is 0 Å². The molecule has 2 aromatic rings. The summed E-state index contributed by atoms with van der Waals surface area (Å²) in [6, 6.07) is 13.0. The number of cyclic esters (lactones) is 1. The number of halogens is 1. The van der Waals surface area contributed by atoms with Crippen molar-refractivity contribution >= 4 is 33.7 Å². The highest BCUT2D eigenvalue weighted by Gasteiger charge is 2.22. The molecule has 0 N–H and O–H groups in total. The number of esters is 1. The third kappa shape index (κ3) is 3.36. The van der Waals surface area contributed by atoms with Crippen LogP contribution >= 0.6 is 15.9 Å². The van der Waals surface area contributed by atoms with Crippen molar-refractivity contribution < 1.29 is 19.0 Å². The van der Waals surface area contributed by atoms with Gasteiger partial charge in [-0.1, -0.05) is 28.1 Å². The van der Waals surface area contributed by atoms with Crippen LogP contribution in [0.5, 0.6) is 11.5 Å². The Morgan fingerprint density at radius 1 is 1.04 bits per heavy atom. The van der Waals surface area contributed by atoms with Gasteiger partial charge in [0.1, 0.15) is 17.3 Å². The van der Waals surface area contributed by atoms with Crippen LogP contribution in [0.15, 0.2) is 58.6 Å².